The lowest BCUT2D eigenvalue weighted by molar-refractivity contribution is -0.145. The van der Waals surface area contributed by atoms with Crippen LogP contribution in [0.1, 0.15) is 24.5 Å². The van der Waals surface area contributed by atoms with Crippen molar-refractivity contribution in [3.05, 3.63) is 35.4 Å². The second-order valence-corrected chi connectivity index (χ2v) is 4.49. The minimum atomic E-state index is -1.45. The zero-order valence-corrected chi connectivity index (χ0v) is 11.6. The Labute approximate surface area is 122 Å². The number of amides is 2. The number of rotatable bonds is 7. The van der Waals surface area contributed by atoms with Gasteiger partial charge in [0.15, 0.2) is 0 Å². The second-order valence-electron chi connectivity index (χ2n) is 4.49. The van der Waals surface area contributed by atoms with Gasteiger partial charge in [0.1, 0.15) is 6.04 Å². The van der Waals surface area contributed by atoms with E-state index >= 15 is 0 Å². The Balaban J connectivity index is 2.48. The highest BCUT2D eigenvalue weighted by atomic mass is 16.4. The third-order valence-electron chi connectivity index (χ3n) is 2.87. The van der Waals surface area contributed by atoms with Crippen LogP contribution in [0.25, 0.3) is 0 Å². The maximum Gasteiger partial charge on any atom is 0.326 e. The van der Waals surface area contributed by atoms with Crippen LogP contribution in [-0.2, 0) is 22.6 Å². The molecule has 0 saturated heterocycles. The van der Waals surface area contributed by atoms with Crippen LogP contribution in [0.15, 0.2) is 24.3 Å². The van der Waals surface area contributed by atoms with Crippen molar-refractivity contribution in [3.8, 4) is 0 Å². The number of benzene rings is 1. The average Bonchev–Trinajstić information content (AvgIpc) is 2.44. The van der Waals surface area contributed by atoms with Gasteiger partial charge in [-0.25, -0.2) is 9.59 Å². The summed E-state index contributed by atoms with van der Waals surface area (Å²) in [6.07, 6.45) is 0.248. The van der Waals surface area contributed by atoms with Crippen LogP contribution in [0, 0.1) is 0 Å². The van der Waals surface area contributed by atoms with Crippen molar-refractivity contribution in [2.45, 2.75) is 32.4 Å². The van der Waals surface area contributed by atoms with Crippen molar-refractivity contribution in [1.29, 1.82) is 0 Å². The van der Waals surface area contributed by atoms with Crippen LogP contribution in [-0.4, -0.2) is 34.2 Å². The highest BCUT2D eigenvalue weighted by Gasteiger charge is 2.22. The highest BCUT2D eigenvalue weighted by molar-refractivity contribution is 5.86. The molecule has 4 N–H and O–H groups in total. The maximum absolute atomic E-state index is 11.6. The summed E-state index contributed by atoms with van der Waals surface area (Å²) in [5, 5.41) is 22.0. The summed E-state index contributed by atoms with van der Waals surface area (Å²) in [5.74, 6) is -2.68. The third-order valence-corrected chi connectivity index (χ3v) is 2.87. The molecule has 0 spiro atoms. The van der Waals surface area contributed by atoms with Crippen LogP contribution in [0.4, 0.5) is 4.79 Å². The molecule has 0 fully saturated rings. The van der Waals surface area contributed by atoms with E-state index in [0.29, 0.717) is 0 Å². The van der Waals surface area contributed by atoms with Crippen molar-refractivity contribution in [2.75, 3.05) is 0 Å². The molecule has 7 nitrogen and oxygen atoms in total. The van der Waals surface area contributed by atoms with Gasteiger partial charge >= 0.3 is 18.0 Å². The van der Waals surface area contributed by atoms with E-state index in [4.69, 9.17) is 10.2 Å². The Morgan fingerprint density at radius 3 is 2.14 bits per heavy atom. The number of carbonyl (C=O) groups excluding carboxylic acids is 1. The normalized spacial score (nSPS) is 11.5. The van der Waals surface area contributed by atoms with Gasteiger partial charge in [0.2, 0.25) is 0 Å². The third kappa shape index (κ3) is 5.94. The molecule has 0 aliphatic carbocycles. The predicted molar refractivity (Wildman–Crippen MR) is 74.9 cm³/mol. The molecule has 0 saturated carbocycles. The van der Waals surface area contributed by atoms with Gasteiger partial charge in [0.25, 0.3) is 0 Å². The molecule has 1 atom stereocenters. The molecule has 0 bridgehead atoms. The molecule has 0 heterocycles. The predicted octanol–water partition coefficient (Wildman–Crippen LogP) is 0.976. The van der Waals surface area contributed by atoms with Crippen LogP contribution in [0.3, 0.4) is 0 Å². The summed E-state index contributed by atoms with van der Waals surface area (Å²) in [4.78, 5) is 32.9. The van der Waals surface area contributed by atoms with Gasteiger partial charge in [0, 0.05) is 6.54 Å². The van der Waals surface area contributed by atoms with E-state index in [9.17, 15) is 14.4 Å². The topological polar surface area (TPSA) is 116 Å². The fraction of sp³-hybridized carbons (Fsp3) is 0.357. The van der Waals surface area contributed by atoms with Crippen LogP contribution < -0.4 is 10.6 Å². The first-order valence-electron chi connectivity index (χ1n) is 6.49. The summed E-state index contributed by atoms with van der Waals surface area (Å²) in [7, 11) is 0. The number of hydrogen-bond acceptors (Lipinski definition) is 3. The number of nitrogens with one attached hydrogen (secondary N) is 2. The lowest BCUT2D eigenvalue weighted by Crippen LogP contribution is -2.46. The molecule has 1 aromatic carbocycles. The molecule has 0 aliphatic heterocycles. The van der Waals surface area contributed by atoms with E-state index in [1.165, 1.54) is 5.56 Å². The molecule has 114 valence electrons. The number of carboxylic acids is 2. The quantitative estimate of drug-likeness (QED) is 0.598. The van der Waals surface area contributed by atoms with Gasteiger partial charge in [-0.3, -0.25) is 4.79 Å². The molecule has 0 aliphatic rings. The van der Waals surface area contributed by atoms with Crippen LogP contribution in [0.5, 0.6) is 0 Å². The minimum absolute atomic E-state index is 0.231. The van der Waals surface area contributed by atoms with Gasteiger partial charge < -0.3 is 20.8 Å². The molecule has 21 heavy (non-hydrogen) atoms. The Morgan fingerprint density at radius 2 is 1.67 bits per heavy atom. The van der Waals surface area contributed by atoms with E-state index in [1.54, 1.807) is 0 Å². The molecule has 0 unspecified atom stereocenters. The standard InChI is InChI=1S/C14H18N2O5/c1-2-9-3-5-10(6-4-9)8-15-14(21)16-11(13(19)20)7-12(17)18/h3-6,11H,2,7-8H2,1H3,(H,17,18)(H,19,20)(H2,15,16,21)/t11-/m1/s1. The number of hydrogen-bond donors (Lipinski definition) is 4. The van der Waals surface area contributed by atoms with E-state index in [-0.39, 0.29) is 6.54 Å². The van der Waals surface area contributed by atoms with E-state index in [2.05, 4.69) is 10.6 Å². The molecule has 0 radical (unpaired) electrons. The van der Waals surface area contributed by atoms with Gasteiger partial charge in [-0.1, -0.05) is 31.2 Å². The second kappa shape index (κ2) is 7.88. The average molecular weight is 294 g/mol. The summed E-state index contributed by atoms with van der Waals surface area (Å²) < 4.78 is 0. The van der Waals surface area contributed by atoms with Crippen molar-refractivity contribution in [2.24, 2.45) is 0 Å². The molecule has 1 rings (SSSR count). The number of aliphatic carboxylic acids is 2. The van der Waals surface area contributed by atoms with Gasteiger partial charge in [0.05, 0.1) is 6.42 Å². The largest absolute Gasteiger partial charge is 0.481 e. The van der Waals surface area contributed by atoms with Crippen molar-refractivity contribution in [3.63, 3.8) is 0 Å². The number of carboxylic acid groups (broad SMARTS) is 2. The smallest absolute Gasteiger partial charge is 0.326 e. The fourth-order valence-electron chi connectivity index (χ4n) is 1.66. The van der Waals surface area contributed by atoms with Crippen LogP contribution in [0.2, 0.25) is 0 Å². The monoisotopic (exact) mass is 294 g/mol. The molecule has 7 heteroatoms. The van der Waals surface area contributed by atoms with E-state index in [1.807, 2.05) is 31.2 Å². The minimum Gasteiger partial charge on any atom is -0.481 e. The Bertz CT molecular complexity index is 513. The number of carbonyl (C=O) groups is 3. The molecule has 2 amide bonds. The molecular formula is C14H18N2O5. The zero-order chi connectivity index (χ0) is 15.8. The highest BCUT2D eigenvalue weighted by Crippen LogP contribution is 2.04. The Kier molecular flexibility index (Phi) is 6.19. The van der Waals surface area contributed by atoms with Gasteiger partial charge in [-0.05, 0) is 17.5 Å². The SMILES string of the molecule is CCc1ccc(CNC(=O)N[C@H](CC(=O)O)C(=O)O)cc1. The maximum atomic E-state index is 11.6. The first kappa shape index (κ1) is 16.5. The van der Waals surface area contributed by atoms with E-state index in [0.717, 1.165) is 12.0 Å². The number of urea groups is 1. The summed E-state index contributed by atoms with van der Waals surface area (Å²) in [5.41, 5.74) is 2.04. The van der Waals surface area contributed by atoms with Crippen molar-refractivity contribution in [1.82, 2.24) is 10.6 Å². The van der Waals surface area contributed by atoms with E-state index < -0.39 is 30.4 Å². The zero-order valence-electron chi connectivity index (χ0n) is 11.6. The van der Waals surface area contributed by atoms with Crippen molar-refractivity contribution >= 4 is 18.0 Å². The van der Waals surface area contributed by atoms with Crippen LogP contribution >= 0.6 is 0 Å². The van der Waals surface area contributed by atoms with Crippen molar-refractivity contribution < 1.29 is 24.6 Å². The summed E-state index contributed by atoms with van der Waals surface area (Å²) >= 11 is 0. The van der Waals surface area contributed by atoms with Gasteiger partial charge in [-0.15, -0.1) is 0 Å². The number of aryl methyl sites for hydroxylation is 1. The summed E-state index contributed by atoms with van der Waals surface area (Å²) in [6, 6.07) is 5.45. The first-order chi connectivity index (χ1) is 9.92. The lowest BCUT2D eigenvalue weighted by atomic mass is 10.1. The lowest BCUT2D eigenvalue weighted by Gasteiger charge is -2.13. The molecule has 0 aromatic heterocycles. The fourth-order valence-corrected chi connectivity index (χ4v) is 1.66. The molecular weight excluding hydrogens is 276 g/mol. The Hall–Kier alpha value is -2.57. The van der Waals surface area contributed by atoms with Gasteiger partial charge in [-0.2, -0.15) is 0 Å². The molecule has 1 aromatic rings. The first-order valence-corrected chi connectivity index (χ1v) is 6.49. The Morgan fingerprint density at radius 1 is 1.10 bits per heavy atom. The summed E-state index contributed by atoms with van der Waals surface area (Å²) in [6.45, 7) is 2.27.